The van der Waals surface area contributed by atoms with Crippen molar-refractivity contribution in [3.8, 4) is 5.75 Å². The lowest BCUT2D eigenvalue weighted by Crippen LogP contribution is -2.27. The summed E-state index contributed by atoms with van der Waals surface area (Å²) in [6.45, 7) is 0.277. The predicted molar refractivity (Wildman–Crippen MR) is 131 cm³/mol. The van der Waals surface area contributed by atoms with Crippen LogP contribution in [0.5, 0.6) is 5.75 Å². The average Bonchev–Trinajstić information content (AvgIpc) is 3.07. The average molecular weight is 483 g/mol. The second-order valence-corrected chi connectivity index (χ2v) is 8.79. The lowest BCUT2D eigenvalue weighted by Gasteiger charge is -2.14. The monoisotopic (exact) mass is 482 g/mol. The number of halogens is 1. The minimum atomic E-state index is -0.510. The third-order valence-electron chi connectivity index (χ3n) is 4.64. The summed E-state index contributed by atoms with van der Waals surface area (Å²) >= 11 is 12.7. The molecule has 9 heteroatoms. The van der Waals surface area contributed by atoms with Crippen LogP contribution in [-0.2, 0) is 11.4 Å². The highest BCUT2D eigenvalue weighted by molar-refractivity contribution is 8.27. The number of thiocarbonyl (C=S) groups is 1. The molecule has 0 unspecified atom stereocenters. The number of thioether (sulfide) groups is 1. The van der Waals surface area contributed by atoms with Gasteiger partial charge in [0.25, 0.3) is 11.6 Å². The van der Waals surface area contributed by atoms with Crippen LogP contribution in [0.1, 0.15) is 11.1 Å². The van der Waals surface area contributed by atoms with Crippen molar-refractivity contribution in [3.63, 3.8) is 0 Å². The van der Waals surface area contributed by atoms with Crippen LogP contribution in [-0.4, -0.2) is 15.2 Å². The number of amides is 1. The Kier molecular flexibility index (Phi) is 6.55. The zero-order chi connectivity index (χ0) is 22.7. The fourth-order valence-corrected chi connectivity index (χ4v) is 4.56. The number of para-hydroxylation sites is 1. The molecule has 6 nitrogen and oxygen atoms in total. The number of rotatable bonds is 6. The van der Waals surface area contributed by atoms with E-state index in [4.69, 9.17) is 28.6 Å². The fraction of sp³-hybridized carbons (Fsp3) is 0.0435. The van der Waals surface area contributed by atoms with Gasteiger partial charge in [-0.05, 0) is 24.3 Å². The van der Waals surface area contributed by atoms with Crippen molar-refractivity contribution in [2.24, 2.45) is 0 Å². The van der Waals surface area contributed by atoms with Crippen LogP contribution < -0.4 is 9.64 Å². The van der Waals surface area contributed by atoms with E-state index in [-0.39, 0.29) is 18.2 Å². The topological polar surface area (TPSA) is 72.7 Å². The second kappa shape index (κ2) is 9.52. The Morgan fingerprint density at radius 1 is 1.09 bits per heavy atom. The number of hydrogen-bond acceptors (Lipinski definition) is 6. The molecule has 1 fully saturated rings. The lowest BCUT2D eigenvalue weighted by molar-refractivity contribution is -0.384. The van der Waals surface area contributed by atoms with Gasteiger partial charge in [-0.2, -0.15) is 0 Å². The van der Waals surface area contributed by atoms with E-state index in [1.165, 1.54) is 23.1 Å². The highest BCUT2D eigenvalue weighted by Crippen LogP contribution is 2.38. The third kappa shape index (κ3) is 4.67. The lowest BCUT2D eigenvalue weighted by atomic mass is 10.1. The number of carbonyl (C=O) groups excluding carboxylic acids is 1. The number of carbonyl (C=O) groups is 1. The molecule has 0 aromatic heterocycles. The molecule has 0 radical (unpaired) electrons. The normalized spacial score (nSPS) is 14.8. The number of non-ortho nitro benzene ring substituents is 1. The standard InChI is InChI=1S/C23H15ClN2O4S2/c24-19-10-3-1-7-16(19)14-30-20-11-4-2-6-15(20)12-21-22(27)25(23(31)32-21)17-8-5-9-18(13-17)26(28)29/h1-13H,14H2/b21-12-. The summed E-state index contributed by atoms with van der Waals surface area (Å²) in [5, 5.41) is 11.7. The molecule has 160 valence electrons. The molecular formula is C23H15ClN2O4S2. The van der Waals surface area contributed by atoms with Crippen molar-refractivity contribution in [3.05, 3.63) is 104 Å². The zero-order valence-electron chi connectivity index (χ0n) is 16.4. The van der Waals surface area contributed by atoms with Crippen LogP contribution in [0.15, 0.2) is 77.7 Å². The van der Waals surface area contributed by atoms with Crippen LogP contribution >= 0.6 is 35.6 Å². The maximum atomic E-state index is 13.1. The molecule has 1 aliphatic heterocycles. The molecule has 0 spiro atoms. The molecule has 1 heterocycles. The summed E-state index contributed by atoms with van der Waals surface area (Å²) in [5.74, 6) is 0.245. The first-order chi connectivity index (χ1) is 15.4. The number of anilines is 1. The number of ether oxygens (including phenoxy) is 1. The van der Waals surface area contributed by atoms with Gasteiger partial charge in [-0.1, -0.05) is 78.0 Å². The second-order valence-electron chi connectivity index (χ2n) is 6.71. The van der Waals surface area contributed by atoms with E-state index in [0.29, 0.717) is 31.2 Å². The van der Waals surface area contributed by atoms with E-state index in [1.54, 1.807) is 18.2 Å². The summed E-state index contributed by atoms with van der Waals surface area (Å²) in [7, 11) is 0. The van der Waals surface area contributed by atoms with E-state index in [0.717, 1.165) is 17.3 Å². The van der Waals surface area contributed by atoms with Crippen LogP contribution in [0.2, 0.25) is 5.02 Å². The van der Waals surface area contributed by atoms with Crippen molar-refractivity contribution >= 4 is 63.3 Å². The molecule has 1 aliphatic rings. The summed E-state index contributed by atoms with van der Waals surface area (Å²) in [6.07, 6.45) is 1.71. The van der Waals surface area contributed by atoms with Crippen molar-refractivity contribution < 1.29 is 14.5 Å². The highest BCUT2D eigenvalue weighted by Gasteiger charge is 2.34. The van der Waals surface area contributed by atoms with Crippen molar-refractivity contribution in [1.82, 2.24) is 0 Å². The Bertz CT molecular complexity index is 1260. The van der Waals surface area contributed by atoms with Crippen molar-refractivity contribution in [2.45, 2.75) is 6.61 Å². The van der Waals surface area contributed by atoms with Gasteiger partial charge in [0.1, 0.15) is 12.4 Å². The first-order valence-electron chi connectivity index (χ1n) is 9.41. The number of nitro groups is 1. The Balaban J connectivity index is 1.59. The largest absolute Gasteiger partial charge is 0.488 e. The van der Waals surface area contributed by atoms with E-state index in [2.05, 4.69) is 0 Å². The van der Waals surface area contributed by atoms with E-state index in [1.807, 2.05) is 42.5 Å². The molecule has 1 amide bonds. The zero-order valence-corrected chi connectivity index (χ0v) is 18.8. The van der Waals surface area contributed by atoms with Crippen LogP contribution in [0, 0.1) is 10.1 Å². The molecule has 0 N–H and O–H groups in total. The Morgan fingerprint density at radius 2 is 1.84 bits per heavy atom. The van der Waals surface area contributed by atoms with Crippen molar-refractivity contribution in [2.75, 3.05) is 4.90 Å². The number of benzene rings is 3. The fourth-order valence-electron chi connectivity index (χ4n) is 3.08. The summed E-state index contributed by atoms with van der Waals surface area (Å²) in [5.41, 5.74) is 1.80. The van der Waals surface area contributed by atoms with Gasteiger partial charge < -0.3 is 4.74 Å². The van der Waals surface area contributed by atoms with Gasteiger partial charge in [0.2, 0.25) is 0 Å². The maximum Gasteiger partial charge on any atom is 0.271 e. The molecular weight excluding hydrogens is 468 g/mol. The number of nitro benzene ring substituents is 1. The third-order valence-corrected chi connectivity index (χ3v) is 6.31. The molecule has 0 saturated carbocycles. The number of nitrogens with zero attached hydrogens (tertiary/aromatic N) is 2. The molecule has 3 aromatic rings. The molecule has 0 aliphatic carbocycles. The quantitative estimate of drug-likeness (QED) is 0.179. The van der Waals surface area contributed by atoms with Crippen LogP contribution in [0.25, 0.3) is 6.08 Å². The van der Waals surface area contributed by atoms with Gasteiger partial charge in [0.05, 0.1) is 15.5 Å². The van der Waals surface area contributed by atoms with Crippen LogP contribution in [0.4, 0.5) is 11.4 Å². The highest BCUT2D eigenvalue weighted by atomic mass is 35.5. The maximum absolute atomic E-state index is 13.1. The minimum absolute atomic E-state index is 0.112. The van der Waals surface area contributed by atoms with Crippen molar-refractivity contribution in [1.29, 1.82) is 0 Å². The summed E-state index contributed by atoms with van der Waals surface area (Å²) in [4.78, 5) is 25.3. The SMILES string of the molecule is O=C1/C(=C/c2ccccc2OCc2ccccc2Cl)SC(=S)N1c1cccc([N+](=O)[O-])c1. The Morgan fingerprint density at radius 3 is 2.62 bits per heavy atom. The molecule has 4 rings (SSSR count). The smallest absolute Gasteiger partial charge is 0.271 e. The molecule has 1 saturated heterocycles. The van der Waals surface area contributed by atoms with Gasteiger partial charge in [0, 0.05) is 28.3 Å². The van der Waals surface area contributed by atoms with E-state index >= 15 is 0 Å². The Labute approximate surface area is 198 Å². The predicted octanol–water partition coefficient (Wildman–Crippen LogP) is 6.23. The Hall–Kier alpha value is -3.20. The molecule has 3 aromatic carbocycles. The van der Waals surface area contributed by atoms with Crippen LogP contribution in [0.3, 0.4) is 0 Å². The van der Waals surface area contributed by atoms with E-state index in [9.17, 15) is 14.9 Å². The first-order valence-corrected chi connectivity index (χ1v) is 11.0. The van der Waals surface area contributed by atoms with Gasteiger partial charge in [-0.25, -0.2) is 0 Å². The molecule has 0 bridgehead atoms. The van der Waals surface area contributed by atoms with Gasteiger partial charge in [-0.15, -0.1) is 0 Å². The summed E-state index contributed by atoms with van der Waals surface area (Å²) < 4.78 is 6.26. The first kappa shape index (κ1) is 22.0. The summed E-state index contributed by atoms with van der Waals surface area (Å²) in [6, 6.07) is 20.6. The molecule has 0 atom stereocenters. The molecule has 32 heavy (non-hydrogen) atoms. The van der Waals surface area contributed by atoms with Gasteiger partial charge >= 0.3 is 0 Å². The van der Waals surface area contributed by atoms with E-state index < -0.39 is 4.92 Å². The van der Waals surface area contributed by atoms with Gasteiger partial charge in [0.15, 0.2) is 4.32 Å². The minimum Gasteiger partial charge on any atom is -0.488 e. The van der Waals surface area contributed by atoms with Gasteiger partial charge in [-0.3, -0.25) is 19.8 Å². The number of hydrogen-bond donors (Lipinski definition) is 0.